The number of thiazole rings is 1. The molecule has 2 aliphatic rings. The maximum absolute atomic E-state index is 6.22. The van der Waals surface area contributed by atoms with Gasteiger partial charge in [-0.2, -0.15) is 5.10 Å². The Morgan fingerprint density at radius 1 is 1.30 bits per heavy atom. The molecule has 4 rings (SSSR count). The Kier molecular flexibility index (Phi) is 4.46. The van der Waals surface area contributed by atoms with Gasteiger partial charge in [-0.15, -0.1) is 11.3 Å². The molecule has 0 bridgehead atoms. The van der Waals surface area contributed by atoms with E-state index in [0.717, 1.165) is 30.3 Å². The number of rotatable bonds is 4. The van der Waals surface area contributed by atoms with E-state index in [0.29, 0.717) is 12.6 Å². The van der Waals surface area contributed by atoms with Gasteiger partial charge in [0, 0.05) is 30.7 Å². The zero-order chi connectivity index (χ0) is 15.6. The summed E-state index contributed by atoms with van der Waals surface area (Å²) in [6.45, 7) is 5.48. The minimum Gasteiger partial charge on any atom is -0.369 e. The van der Waals surface area contributed by atoms with Crippen LogP contribution in [-0.4, -0.2) is 38.4 Å². The third-order valence-corrected chi connectivity index (χ3v) is 5.78. The molecule has 23 heavy (non-hydrogen) atoms. The van der Waals surface area contributed by atoms with E-state index in [1.165, 1.54) is 31.4 Å². The van der Waals surface area contributed by atoms with Gasteiger partial charge < -0.3 is 4.74 Å². The summed E-state index contributed by atoms with van der Waals surface area (Å²) in [5, 5.41) is 7.68. The minimum atomic E-state index is 0.179. The van der Waals surface area contributed by atoms with Gasteiger partial charge in [0.1, 0.15) is 0 Å². The standard InChI is InChI=1S/C17H24N4OS/c1-13-19-14(12-23-13)11-22-17-9-20(15-4-2-3-5-15)8-16-6-7-18-21(16)10-17/h6-7,12,15,17H,2-5,8-11H2,1H3/t17-/m1/s1. The third kappa shape index (κ3) is 3.49. The van der Waals surface area contributed by atoms with Crippen molar-refractivity contribution in [2.24, 2.45) is 0 Å². The zero-order valence-corrected chi connectivity index (χ0v) is 14.5. The van der Waals surface area contributed by atoms with E-state index in [1.54, 1.807) is 11.3 Å². The Balaban J connectivity index is 1.46. The summed E-state index contributed by atoms with van der Waals surface area (Å²) >= 11 is 1.69. The number of ether oxygens (including phenoxy) is 1. The molecule has 0 N–H and O–H groups in total. The van der Waals surface area contributed by atoms with E-state index >= 15 is 0 Å². The van der Waals surface area contributed by atoms with E-state index in [2.05, 4.69) is 31.1 Å². The summed E-state index contributed by atoms with van der Waals surface area (Å²) in [5.74, 6) is 0. The van der Waals surface area contributed by atoms with Crippen molar-refractivity contribution in [2.45, 2.75) is 64.4 Å². The normalized spacial score (nSPS) is 23.1. The first-order valence-corrected chi connectivity index (χ1v) is 9.43. The lowest BCUT2D eigenvalue weighted by molar-refractivity contribution is -0.000558. The van der Waals surface area contributed by atoms with Crippen LogP contribution < -0.4 is 0 Å². The lowest BCUT2D eigenvalue weighted by atomic mass is 10.2. The Morgan fingerprint density at radius 3 is 2.96 bits per heavy atom. The van der Waals surface area contributed by atoms with Crippen LogP contribution in [0, 0.1) is 6.92 Å². The van der Waals surface area contributed by atoms with Gasteiger partial charge in [-0.1, -0.05) is 12.8 Å². The molecule has 0 radical (unpaired) electrons. The fourth-order valence-electron chi connectivity index (χ4n) is 3.77. The zero-order valence-electron chi connectivity index (χ0n) is 13.6. The van der Waals surface area contributed by atoms with Crippen molar-refractivity contribution in [2.75, 3.05) is 6.54 Å². The molecule has 2 aromatic heterocycles. The molecule has 1 atom stereocenters. The van der Waals surface area contributed by atoms with E-state index in [-0.39, 0.29) is 6.10 Å². The smallest absolute Gasteiger partial charge is 0.0903 e. The number of fused-ring (bicyclic) bond motifs is 1. The van der Waals surface area contributed by atoms with Gasteiger partial charge in [0.2, 0.25) is 0 Å². The van der Waals surface area contributed by atoms with Gasteiger partial charge >= 0.3 is 0 Å². The van der Waals surface area contributed by atoms with E-state index in [1.807, 2.05) is 13.1 Å². The SMILES string of the molecule is Cc1nc(CO[C@@H]2CN(C3CCCC3)Cc3ccnn3C2)cs1. The highest BCUT2D eigenvalue weighted by Crippen LogP contribution is 2.27. The van der Waals surface area contributed by atoms with Crippen LogP contribution in [0.25, 0.3) is 0 Å². The second kappa shape index (κ2) is 6.71. The van der Waals surface area contributed by atoms with Crippen molar-refractivity contribution < 1.29 is 4.74 Å². The molecule has 6 heteroatoms. The maximum Gasteiger partial charge on any atom is 0.0903 e. The van der Waals surface area contributed by atoms with Crippen LogP contribution in [0.15, 0.2) is 17.6 Å². The second-order valence-electron chi connectivity index (χ2n) is 6.66. The summed E-state index contributed by atoms with van der Waals surface area (Å²) < 4.78 is 8.34. The first-order valence-electron chi connectivity index (χ1n) is 8.55. The van der Waals surface area contributed by atoms with Crippen LogP contribution >= 0.6 is 11.3 Å². The summed E-state index contributed by atoms with van der Waals surface area (Å²) in [6.07, 6.45) is 7.47. The van der Waals surface area contributed by atoms with E-state index in [4.69, 9.17) is 4.74 Å². The first kappa shape index (κ1) is 15.3. The number of hydrogen-bond donors (Lipinski definition) is 0. The summed E-state index contributed by atoms with van der Waals surface area (Å²) in [6, 6.07) is 2.86. The molecule has 1 saturated carbocycles. The molecule has 0 amide bonds. The molecule has 1 aliphatic carbocycles. The molecular weight excluding hydrogens is 308 g/mol. The van der Waals surface area contributed by atoms with Gasteiger partial charge in [-0.3, -0.25) is 9.58 Å². The highest BCUT2D eigenvalue weighted by Gasteiger charge is 2.29. The molecule has 5 nitrogen and oxygen atoms in total. The van der Waals surface area contributed by atoms with Crippen molar-refractivity contribution in [1.82, 2.24) is 19.7 Å². The minimum absolute atomic E-state index is 0.179. The van der Waals surface area contributed by atoms with Gasteiger partial charge in [0.15, 0.2) is 0 Å². The van der Waals surface area contributed by atoms with Gasteiger partial charge in [0.05, 0.1) is 35.7 Å². The van der Waals surface area contributed by atoms with E-state index in [9.17, 15) is 0 Å². The quantitative estimate of drug-likeness (QED) is 0.863. The predicted molar refractivity (Wildman–Crippen MR) is 90.3 cm³/mol. The number of hydrogen-bond acceptors (Lipinski definition) is 5. The Bertz CT molecular complexity index is 647. The largest absolute Gasteiger partial charge is 0.369 e. The molecule has 3 heterocycles. The average molecular weight is 332 g/mol. The Hall–Kier alpha value is -1.24. The van der Waals surface area contributed by atoms with Crippen LogP contribution in [0.1, 0.15) is 42.1 Å². The second-order valence-corrected chi connectivity index (χ2v) is 7.73. The maximum atomic E-state index is 6.22. The molecule has 0 spiro atoms. The van der Waals surface area contributed by atoms with Gasteiger partial charge in [-0.05, 0) is 25.8 Å². The summed E-state index contributed by atoms with van der Waals surface area (Å²) in [4.78, 5) is 7.12. The first-order chi connectivity index (χ1) is 11.3. The molecule has 1 fully saturated rings. The Labute approximate surface area is 141 Å². The van der Waals surface area contributed by atoms with E-state index < -0.39 is 0 Å². The van der Waals surface area contributed by atoms with Crippen LogP contribution in [0.5, 0.6) is 0 Å². The van der Waals surface area contributed by atoms with Crippen molar-refractivity contribution in [3.8, 4) is 0 Å². The highest BCUT2D eigenvalue weighted by molar-refractivity contribution is 7.09. The van der Waals surface area contributed by atoms with Crippen LogP contribution in [-0.2, 0) is 24.4 Å². The number of nitrogens with zero attached hydrogens (tertiary/aromatic N) is 4. The molecule has 0 saturated heterocycles. The number of aromatic nitrogens is 3. The average Bonchev–Trinajstić information content (AvgIpc) is 3.26. The highest BCUT2D eigenvalue weighted by atomic mass is 32.1. The molecular formula is C17H24N4OS. The molecule has 124 valence electrons. The number of aryl methyl sites for hydroxylation is 1. The van der Waals surface area contributed by atoms with Crippen molar-refractivity contribution in [3.05, 3.63) is 34.0 Å². The summed E-state index contributed by atoms with van der Waals surface area (Å²) in [7, 11) is 0. The van der Waals surface area contributed by atoms with Crippen LogP contribution in [0.4, 0.5) is 0 Å². The van der Waals surface area contributed by atoms with Crippen molar-refractivity contribution >= 4 is 11.3 Å². The van der Waals surface area contributed by atoms with Crippen molar-refractivity contribution in [1.29, 1.82) is 0 Å². The van der Waals surface area contributed by atoms with Crippen molar-refractivity contribution in [3.63, 3.8) is 0 Å². The van der Waals surface area contributed by atoms with Gasteiger partial charge in [-0.25, -0.2) is 4.98 Å². The molecule has 0 unspecified atom stereocenters. The fourth-order valence-corrected chi connectivity index (χ4v) is 4.37. The predicted octanol–water partition coefficient (Wildman–Crippen LogP) is 2.99. The Morgan fingerprint density at radius 2 is 2.17 bits per heavy atom. The monoisotopic (exact) mass is 332 g/mol. The van der Waals surface area contributed by atoms with Gasteiger partial charge in [0.25, 0.3) is 0 Å². The molecule has 0 aromatic carbocycles. The van der Waals surface area contributed by atoms with Crippen LogP contribution in [0.3, 0.4) is 0 Å². The topological polar surface area (TPSA) is 43.2 Å². The third-order valence-electron chi connectivity index (χ3n) is 4.96. The lowest BCUT2D eigenvalue weighted by Gasteiger charge is -2.29. The fraction of sp³-hybridized carbons (Fsp3) is 0.647. The van der Waals surface area contributed by atoms with Crippen LogP contribution in [0.2, 0.25) is 0 Å². The molecule has 2 aromatic rings. The lowest BCUT2D eigenvalue weighted by Crippen LogP contribution is -2.38. The molecule has 1 aliphatic heterocycles. The summed E-state index contributed by atoms with van der Waals surface area (Å²) in [5.41, 5.74) is 2.36.